The van der Waals surface area contributed by atoms with Crippen molar-refractivity contribution in [3.8, 4) is 11.3 Å². The van der Waals surface area contributed by atoms with Gasteiger partial charge in [0.15, 0.2) is 0 Å². The maximum Gasteiger partial charge on any atom is 0.0726 e. The first kappa shape index (κ1) is 18.1. The highest BCUT2D eigenvalue weighted by atomic mass is 35.5. The normalized spacial score (nSPS) is 13.0. The van der Waals surface area contributed by atoms with Crippen molar-refractivity contribution in [3.63, 3.8) is 0 Å². The molecule has 3 heteroatoms. The Kier molecular flexibility index (Phi) is 5.18. The number of hydrogen-bond donors (Lipinski definition) is 1. The summed E-state index contributed by atoms with van der Waals surface area (Å²) >= 11 is 6.19. The third-order valence-corrected chi connectivity index (χ3v) is 5.28. The highest BCUT2D eigenvalue weighted by molar-refractivity contribution is 6.30. The molecule has 27 heavy (non-hydrogen) atoms. The van der Waals surface area contributed by atoms with E-state index < -0.39 is 0 Å². The van der Waals surface area contributed by atoms with E-state index in [1.807, 2.05) is 18.2 Å². The summed E-state index contributed by atoms with van der Waals surface area (Å²) in [6.07, 6.45) is 4.42. The van der Waals surface area contributed by atoms with Gasteiger partial charge in [-0.05, 0) is 73.1 Å². The topological polar surface area (TPSA) is 24.9 Å². The molecular formula is C24H25ClN2. The van der Waals surface area contributed by atoms with Crippen LogP contribution in [0.1, 0.15) is 37.1 Å². The van der Waals surface area contributed by atoms with Crippen LogP contribution in [0.5, 0.6) is 0 Å². The number of fused-ring (bicyclic) bond motifs is 1. The van der Waals surface area contributed by atoms with Crippen LogP contribution in [-0.2, 0) is 19.3 Å². The van der Waals surface area contributed by atoms with Gasteiger partial charge >= 0.3 is 0 Å². The number of pyridine rings is 1. The molecule has 1 N–H and O–H groups in total. The maximum atomic E-state index is 6.19. The van der Waals surface area contributed by atoms with Crippen molar-refractivity contribution in [2.24, 2.45) is 5.92 Å². The Morgan fingerprint density at radius 2 is 1.85 bits per heavy atom. The van der Waals surface area contributed by atoms with Gasteiger partial charge in [-0.15, -0.1) is 0 Å². The predicted octanol–water partition coefficient (Wildman–Crippen LogP) is 6.83. The van der Waals surface area contributed by atoms with Gasteiger partial charge in [0, 0.05) is 27.7 Å². The first-order chi connectivity index (χ1) is 13.1. The number of rotatable bonds is 5. The number of halogens is 1. The van der Waals surface area contributed by atoms with E-state index in [0.717, 1.165) is 41.2 Å². The van der Waals surface area contributed by atoms with E-state index >= 15 is 0 Å². The lowest BCUT2D eigenvalue weighted by Crippen LogP contribution is -2.00. The van der Waals surface area contributed by atoms with Gasteiger partial charge in [-0.1, -0.05) is 49.7 Å². The van der Waals surface area contributed by atoms with Crippen LogP contribution in [-0.4, -0.2) is 4.98 Å². The molecule has 1 heterocycles. The molecular weight excluding hydrogens is 352 g/mol. The minimum atomic E-state index is 0.674. The second-order valence-electron chi connectivity index (χ2n) is 7.76. The highest BCUT2D eigenvalue weighted by Gasteiger charge is 2.19. The number of anilines is 2. The maximum absolute atomic E-state index is 6.19. The second kappa shape index (κ2) is 7.74. The summed E-state index contributed by atoms with van der Waals surface area (Å²) < 4.78 is 0. The van der Waals surface area contributed by atoms with Gasteiger partial charge in [-0.3, -0.25) is 4.98 Å². The van der Waals surface area contributed by atoms with Crippen LogP contribution in [0.4, 0.5) is 11.4 Å². The molecule has 0 atom stereocenters. The Balaban J connectivity index is 1.66. The SMILES string of the molecule is CC(C)Cc1ccc(Nc2cc(-c3cccc(Cl)c3)nc3c2CCC3)cc1. The minimum absolute atomic E-state index is 0.674. The third-order valence-electron chi connectivity index (χ3n) is 5.05. The standard InChI is InChI=1S/C24H25ClN2/c1-16(2)13-17-9-11-20(12-10-17)26-24-15-23(18-5-3-6-19(25)14-18)27-22-8-4-7-21(22)24/h3,5-6,9-12,14-16H,4,7-8,13H2,1-2H3,(H,26,27). The molecule has 0 unspecified atom stereocenters. The van der Waals surface area contributed by atoms with Gasteiger partial charge in [0.2, 0.25) is 0 Å². The van der Waals surface area contributed by atoms with Crippen molar-refractivity contribution in [2.75, 3.05) is 5.32 Å². The lowest BCUT2D eigenvalue weighted by Gasteiger charge is -2.14. The van der Waals surface area contributed by atoms with Crippen molar-refractivity contribution in [3.05, 3.63) is 76.4 Å². The van der Waals surface area contributed by atoms with Crippen molar-refractivity contribution in [1.29, 1.82) is 0 Å². The number of benzene rings is 2. The van der Waals surface area contributed by atoms with Crippen LogP contribution < -0.4 is 5.32 Å². The lowest BCUT2D eigenvalue weighted by atomic mass is 10.0. The number of nitrogens with zero attached hydrogens (tertiary/aromatic N) is 1. The van der Waals surface area contributed by atoms with Crippen molar-refractivity contribution in [2.45, 2.75) is 39.5 Å². The average Bonchev–Trinajstić information content (AvgIpc) is 3.12. The molecule has 2 aromatic carbocycles. The van der Waals surface area contributed by atoms with Gasteiger partial charge in [0.25, 0.3) is 0 Å². The average molecular weight is 377 g/mol. The zero-order valence-corrected chi connectivity index (χ0v) is 16.7. The molecule has 2 nitrogen and oxygen atoms in total. The molecule has 0 bridgehead atoms. The van der Waals surface area contributed by atoms with Gasteiger partial charge in [-0.25, -0.2) is 0 Å². The number of aromatic nitrogens is 1. The van der Waals surface area contributed by atoms with E-state index in [2.05, 4.69) is 55.6 Å². The lowest BCUT2D eigenvalue weighted by molar-refractivity contribution is 0.647. The van der Waals surface area contributed by atoms with Crippen LogP contribution in [0.3, 0.4) is 0 Å². The number of nitrogens with one attached hydrogen (secondary N) is 1. The molecule has 3 aromatic rings. The Labute approximate surface area is 166 Å². The zero-order valence-electron chi connectivity index (χ0n) is 15.9. The van der Waals surface area contributed by atoms with Crippen molar-refractivity contribution < 1.29 is 0 Å². The Bertz CT molecular complexity index is 945. The van der Waals surface area contributed by atoms with Crippen molar-refractivity contribution in [1.82, 2.24) is 4.98 Å². The Morgan fingerprint density at radius 3 is 2.59 bits per heavy atom. The molecule has 0 radical (unpaired) electrons. The molecule has 0 amide bonds. The van der Waals surface area contributed by atoms with Gasteiger partial charge in [-0.2, -0.15) is 0 Å². The Morgan fingerprint density at radius 1 is 1.04 bits per heavy atom. The summed E-state index contributed by atoms with van der Waals surface area (Å²) in [5.41, 5.74) is 8.29. The molecule has 0 fully saturated rings. The van der Waals surface area contributed by atoms with E-state index in [1.54, 1.807) is 0 Å². The van der Waals surface area contributed by atoms with E-state index in [0.29, 0.717) is 5.92 Å². The summed E-state index contributed by atoms with van der Waals surface area (Å²) in [6.45, 7) is 4.51. The van der Waals surface area contributed by atoms with Crippen LogP contribution >= 0.6 is 11.6 Å². The summed E-state index contributed by atoms with van der Waals surface area (Å²) in [5.74, 6) is 0.674. The molecule has 1 aromatic heterocycles. The van der Waals surface area contributed by atoms with Crippen LogP contribution in [0.15, 0.2) is 54.6 Å². The monoisotopic (exact) mass is 376 g/mol. The first-order valence-corrected chi connectivity index (χ1v) is 10.1. The molecule has 0 saturated heterocycles. The van der Waals surface area contributed by atoms with Gasteiger partial charge < -0.3 is 5.32 Å². The molecule has 0 saturated carbocycles. The molecule has 0 spiro atoms. The van der Waals surface area contributed by atoms with Crippen LogP contribution in [0, 0.1) is 5.92 Å². The number of hydrogen-bond acceptors (Lipinski definition) is 2. The fourth-order valence-corrected chi connectivity index (χ4v) is 3.99. The quantitative estimate of drug-likeness (QED) is 0.527. The predicted molar refractivity (Wildman–Crippen MR) is 115 cm³/mol. The highest BCUT2D eigenvalue weighted by Crippen LogP contribution is 2.34. The largest absolute Gasteiger partial charge is 0.355 e. The van der Waals surface area contributed by atoms with Gasteiger partial charge in [0.05, 0.1) is 5.69 Å². The third kappa shape index (κ3) is 4.17. The Hall–Kier alpha value is -2.32. The fraction of sp³-hybridized carbons (Fsp3) is 0.292. The molecule has 0 aliphatic heterocycles. The molecule has 138 valence electrons. The van der Waals surface area contributed by atoms with Crippen LogP contribution in [0.2, 0.25) is 5.02 Å². The van der Waals surface area contributed by atoms with E-state index in [-0.39, 0.29) is 0 Å². The summed E-state index contributed by atoms with van der Waals surface area (Å²) in [4.78, 5) is 4.92. The van der Waals surface area contributed by atoms with E-state index in [9.17, 15) is 0 Å². The second-order valence-corrected chi connectivity index (χ2v) is 8.20. The van der Waals surface area contributed by atoms with E-state index in [1.165, 1.54) is 28.9 Å². The van der Waals surface area contributed by atoms with Gasteiger partial charge in [0.1, 0.15) is 0 Å². The first-order valence-electron chi connectivity index (χ1n) is 9.73. The van der Waals surface area contributed by atoms with Crippen LogP contribution in [0.25, 0.3) is 11.3 Å². The number of aryl methyl sites for hydroxylation is 1. The summed E-state index contributed by atoms with van der Waals surface area (Å²) in [6, 6.07) is 18.9. The molecule has 4 rings (SSSR count). The summed E-state index contributed by atoms with van der Waals surface area (Å²) in [7, 11) is 0. The minimum Gasteiger partial charge on any atom is -0.355 e. The fourth-order valence-electron chi connectivity index (χ4n) is 3.80. The summed E-state index contributed by atoms with van der Waals surface area (Å²) in [5, 5.41) is 4.38. The van der Waals surface area contributed by atoms with E-state index in [4.69, 9.17) is 16.6 Å². The molecule has 1 aliphatic carbocycles. The molecule has 1 aliphatic rings. The zero-order chi connectivity index (χ0) is 18.8. The smallest absolute Gasteiger partial charge is 0.0726 e. The van der Waals surface area contributed by atoms with Crippen molar-refractivity contribution >= 4 is 23.0 Å².